The second-order valence-electron chi connectivity index (χ2n) is 7.78. The number of hydrogen-bond acceptors (Lipinski definition) is 5. The highest BCUT2D eigenvalue weighted by molar-refractivity contribution is 7.99. The van der Waals surface area contributed by atoms with Crippen LogP contribution in [0.25, 0.3) is 17.1 Å². The number of carbonyl (C=O) groups excluding carboxylic acids is 1. The number of benzene rings is 3. The molecule has 0 saturated carbocycles. The fraction of sp³-hybridized carbons (Fsp3) is 0.192. The molecule has 8 heteroatoms. The zero-order valence-electron chi connectivity index (χ0n) is 19.2. The number of carbonyl (C=O) groups is 1. The highest BCUT2D eigenvalue weighted by Crippen LogP contribution is 2.33. The van der Waals surface area contributed by atoms with Crippen molar-refractivity contribution in [3.8, 4) is 22.8 Å². The molecule has 0 aliphatic heterocycles. The van der Waals surface area contributed by atoms with Crippen molar-refractivity contribution < 1.29 is 9.53 Å². The topological polar surface area (TPSA) is 60.3 Å². The normalized spacial score (nSPS) is 10.8. The van der Waals surface area contributed by atoms with E-state index in [-0.39, 0.29) is 11.7 Å². The molecule has 0 aliphatic rings. The molecule has 34 heavy (non-hydrogen) atoms. The van der Waals surface area contributed by atoms with Gasteiger partial charge < -0.3 is 9.64 Å². The lowest BCUT2D eigenvalue weighted by Gasteiger charge is -2.18. The molecular formula is C26H25ClN4O2S. The maximum Gasteiger partial charge on any atom is 0.233 e. The van der Waals surface area contributed by atoms with Crippen LogP contribution in [0.3, 0.4) is 0 Å². The summed E-state index contributed by atoms with van der Waals surface area (Å²) < 4.78 is 7.47. The van der Waals surface area contributed by atoms with E-state index in [9.17, 15) is 4.79 Å². The van der Waals surface area contributed by atoms with Crippen LogP contribution in [-0.2, 0) is 11.3 Å². The van der Waals surface area contributed by atoms with Gasteiger partial charge in [0.25, 0.3) is 0 Å². The second kappa shape index (κ2) is 10.8. The Morgan fingerprint density at radius 1 is 1.03 bits per heavy atom. The maximum atomic E-state index is 12.9. The van der Waals surface area contributed by atoms with E-state index in [0.717, 1.165) is 16.8 Å². The third kappa shape index (κ3) is 5.26. The number of nitrogens with zero attached hydrogens (tertiary/aromatic N) is 4. The fourth-order valence-electron chi connectivity index (χ4n) is 3.56. The molecule has 0 aliphatic carbocycles. The average Bonchev–Trinajstić information content (AvgIpc) is 3.28. The SMILES string of the molecule is COc1ccccc1-c1nnc(SCC(=O)N(C)Cc2ccccc2C)n1-c1ccc(Cl)cc1. The molecule has 0 atom stereocenters. The van der Waals surface area contributed by atoms with Gasteiger partial charge in [0.15, 0.2) is 11.0 Å². The fourth-order valence-corrected chi connectivity index (χ4v) is 4.58. The van der Waals surface area contributed by atoms with E-state index in [0.29, 0.717) is 28.3 Å². The van der Waals surface area contributed by atoms with Gasteiger partial charge in [-0.25, -0.2) is 0 Å². The second-order valence-corrected chi connectivity index (χ2v) is 9.16. The lowest BCUT2D eigenvalue weighted by atomic mass is 10.1. The smallest absolute Gasteiger partial charge is 0.233 e. The van der Waals surface area contributed by atoms with Crippen molar-refractivity contribution in [2.24, 2.45) is 0 Å². The molecule has 1 aromatic heterocycles. The largest absolute Gasteiger partial charge is 0.496 e. The Kier molecular flexibility index (Phi) is 7.55. The van der Waals surface area contributed by atoms with E-state index in [1.165, 1.54) is 17.3 Å². The van der Waals surface area contributed by atoms with Gasteiger partial charge in [-0.3, -0.25) is 9.36 Å². The van der Waals surface area contributed by atoms with Crippen molar-refractivity contribution in [2.45, 2.75) is 18.6 Å². The van der Waals surface area contributed by atoms with E-state index in [4.69, 9.17) is 16.3 Å². The molecule has 0 unspecified atom stereocenters. The Hall–Kier alpha value is -3.29. The van der Waals surface area contributed by atoms with Crippen LogP contribution >= 0.6 is 23.4 Å². The average molecular weight is 493 g/mol. The number of amides is 1. The first-order valence-corrected chi connectivity index (χ1v) is 12.1. The number of para-hydroxylation sites is 1. The van der Waals surface area contributed by atoms with Gasteiger partial charge in [0.1, 0.15) is 5.75 Å². The molecule has 0 spiro atoms. The number of methoxy groups -OCH3 is 1. The van der Waals surface area contributed by atoms with Gasteiger partial charge in [-0.05, 0) is 54.4 Å². The number of hydrogen-bond donors (Lipinski definition) is 0. The van der Waals surface area contributed by atoms with Crippen LogP contribution < -0.4 is 4.74 Å². The highest BCUT2D eigenvalue weighted by atomic mass is 35.5. The van der Waals surface area contributed by atoms with Crippen molar-refractivity contribution >= 4 is 29.3 Å². The Labute approximate surface area is 208 Å². The first-order valence-electron chi connectivity index (χ1n) is 10.7. The number of rotatable bonds is 8. The summed E-state index contributed by atoms with van der Waals surface area (Å²) in [6, 6.07) is 23.2. The number of thioether (sulfide) groups is 1. The van der Waals surface area contributed by atoms with Crippen molar-refractivity contribution in [3.05, 3.63) is 88.9 Å². The molecule has 4 rings (SSSR count). The predicted octanol–water partition coefficient (Wildman–Crippen LogP) is 5.66. The summed E-state index contributed by atoms with van der Waals surface area (Å²) in [5, 5.41) is 10.1. The minimum absolute atomic E-state index is 0.0118. The standard InChI is InChI=1S/C26H25ClN4O2S/c1-18-8-4-5-9-19(18)16-30(2)24(32)17-34-26-29-28-25(22-10-6-7-11-23(22)33-3)31(26)21-14-12-20(27)13-15-21/h4-15H,16-17H2,1-3H3. The van der Waals surface area contributed by atoms with Gasteiger partial charge >= 0.3 is 0 Å². The summed E-state index contributed by atoms with van der Waals surface area (Å²) >= 11 is 7.47. The van der Waals surface area contributed by atoms with Crippen molar-refractivity contribution in [2.75, 3.05) is 19.9 Å². The summed E-state index contributed by atoms with van der Waals surface area (Å²) in [4.78, 5) is 14.6. The lowest BCUT2D eigenvalue weighted by Crippen LogP contribution is -2.28. The van der Waals surface area contributed by atoms with Gasteiger partial charge in [0.05, 0.1) is 18.4 Å². The van der Waals surface area contributed by atoms with Gasteiger partial charge in [-0.1, -0.05) is 59.8 Å². The Bertz CT molecular complexity index is 1290. The van der Waals surface area contributed by atoms with Crippen LogP contribution in [0.15, 0.2) is 78.0 Å². The maximum absolute atomic E-state index is 12.9. The minimum Gasteiger partial charge on any atom is -0.496 e. The van der Waals surface area contributed by atoms with Crippen molar-refractivity contribution in [3.63, 3.8) is 0 Å². The molecule has 0 N–H and O–H groups in total. The van der Waals surface area contributed by atoms with E-state index < -0.39 is 0 Å². The number of halogens is 1. The van der Waals surface area contributed by atoms with Gasteiger partial charge in [0, 0.05) is 24.3 Å². The minimum atomic E-state index is 0.0118. The van der Waals surface area contributed by atoms with Gasteiger partial charge in [0.2, 0.25) is 5.91 Å². The Balaban J connectivity index is 1.60. The van der Waals surface area contributed by atoms with E-state index in [2.05, 4.69) is 23.2 Å². The quantitative estimate of drug-likeness (QED) is 0.297. The molecular weight excluding hydrogens is 468 g/mol. The zero-order valence-corrected chi connectivity index (χ0v) is 20.8. The molecule has 0 saturated heterocycles. The summed E-state index contributed by atoms with van der Waals surface area (Å²) in [6.07, 6.45) is 0. The molecule has 1 heterocycles. The molecule has 174 valence electrons. The van der Waals surface area contributed by atoms with Crippen LogP contribution in [0.4, 0.5) is 0 Å². The molecule has 6 nitrogen and oxygen atoms in total. The van der Waals surface area contributed by atoms with E-state index in [1.807, 2.05) is 78.3 Å². The van der Waals surface area contributed by atoms with Crippen LogP contribution in [-0.4, -0.2) is 45.5 Å². The molecule has 0 fully saturated rings. The lowest BCUT2D eigenvalue weighted by molar-refractivity contribution is -0.127. The highest BCUT2D eigenvalue weighted by Gasteiger charge is 2.20. The third-order valence-corrected chi connectivity index (χ3v) is 6.65. The first kappa shape index (κ1) is 23.9. The molecule has 0 radical (unpaired) electrons. The third-order valence-electron chi connectivity index (χ3n) is 5.49. The zero-order chi connectivity index (χ0) is 24.1. The van der Waals surface area contributed by atoms with Gasteiger partial charge in [-0.15, -0.1) is 10.2 Å². The Morgan fingerprint density at radius 3 is 2.47 bits per heavy atom. The van der Waals surface area contributed by atoms with Crippen molar-refractivity contribution in [1.82, 2.24) is 19.7 Å². The molecule has 4 aromatic rings. The monoisotopic (exact) mass is 492 g/mol. The molecule has 0 bridgehead atoms. The number of ether oxygens (including phenoxy) is 1. The summed E-state index contributed by atoms with van der Waals surface area (Å²) in [7, 11) is 3.44. The van der Waals surface area contributed by atoms with Crippen molar-refractivity contribution in [1.29, 1.82) is 0 Å². The van der Waals surface area contributed by atoms with Crippen LogP contribution in [0.5, 0.6) is 5.75 Å². The van der Waals surface area contributed by atoms with Crippen LogP contribution in [0.1, 0.15) is 11.1 Å². The van der Waals surface area contributed by atoms with E-state index >= 15 is 0 Å². The predicted molar refractivity (Wildman–Crippen MR) is 137 cm³/mol. The molecule has 1 amide bonds. The Morgan fingerprint density at radius 2 is 1.74 bits per heavy atom. The van der Waals surface area contributed by atoms with Gasteiger partial charge in [-0.2, -0.15) is 0 Å². The summed E-state index contributed by atoms with van der Waals surface area (Å²) in [5.41, 5.74) is 3.95. The van der Waals surface area contributed by atoms with Crippen LogP contribution in [0, 0.1) is 6.92 Å². The summed E-state index contributed by atoms with van der Waals surface area (Å²) in [6.45, 7) is 2.61. The number of aryl methyl sites for hydroxylation is 1. The summed E-state index contributed by atoms with van der Waals surface area (Å²) in [5.74, 6) is 1.57. The van der Waals surface area contributed by atoms with E-state index in [1.54, 1.807) is 12.0 Å². The first-order chi connectivity index (χ1) is 16.5. The van der Waals surface area contributed by atoms with Crippen LogP contribution in [0.2, 0.25) is 5.02 Å². The molecule has 3 aromatic carbocycles. The number of aromatic nitrogens is 3.